The summed E-state index contributed by atoms with van der Waals surface area (Å²) in [5.41, 5.74) is 1.30. The van der Waals surface area contributed by atoms with E-state index < -0.39 is 10.0 Å². The first kappa shape index (κ1) is 22.0. The van der Waals surface area contributed by atoms with Gasteiger partial charge in [-0.15, -0.1) is 10.2 Å². The average Bonchev–Trinajstić information content (AvgIpc) is 3.27. The summed E-state index contributed by atoms with van der Waals surface area (Å²) in [5.74, 6) is 0.178. The lowest BCUT2D eigenvalue weighted by Crippen LogP contribution is -2.22. The zero-order valence-electron chi connectivity index (χ0n) is 17.3. The van der Waals surface area contributed by atoms with Crippen molar-refractivity contribution in [2.75, 3.05) is 25.2 Å². The van der Waals surface area contributed by atoms with E-state index >= 15 is 0 Å². The Bertz CT molecular complexity index is 1370. The quantitative estimate of drug-likeness (QED) is 0.411. The van der Waals surface area contributed by atoms with E-state index in [0.29, 0.717) is 11.6 Å². The maximum Gasteiger partial charge on any atom is 0.277 e. The summed E-state index contributed by atoms with van der Waals surface area (Å²) in [7, 11) is -0.585. The maximum atomic E-state index is 12.3. The first-order valence-electron chi connectivity index (χ1n) is 9.61. The molecule has 0 saturated heterocycles. The minimum absolute atomic E-state index is 0.0666. The standard InChI is InChI=1S/C22H20N4O4S2/c1-26(2)32(28,29)19-11-9-18(10-12-19)23-20(27)14-31-22-25-24-21(30-22)17-8-7-15-5-3-4-6-16(15)13-17/h3-13H,14H2,1-2H3,(H,23,27). The summed E-state index contributed by atoms with van der Waals surface area (Å²) >= 11 is 1.12. The monoisotopic (exact) mass is 468 g/mol. The molecule has 1 amide bonds. The van der Waals surface area contributed by atoms with Gasteiger partial charge in [-0.3, -0.25) is 4.79 Å². The van der Waals surface area contributed by atoms with E-state index in [1.807, 2.05) is 42.5 Å². The van der Waals surface area contributed by atoms with Gasteiger partial charge in [-0.2, -0.15) is 0 Å². The topological polar surface area (TPSA) is 105 Å². The van der Waals surface area contributed by atoms with Crippen molar-refractivity contribution < 1.29 is 17.6 Å². The molecule has 32 heavy (non-hydrogen) atoms. The first-order chi connectivity index (χ1) is 15.3. The highest BCUT2D eigenvalue weighted by Crippen LogP contribution is 2.26. The fourth-order valence-electron chi connectivity index (χ4n) is 2.95. The van der Waals surface area contributed by atoms with Crippen LogP contribution in [0.3, 0.4) is 0 Å². The molecule has 0 radical (unpaired) electrons. The average molecular weight is 469 g/mol. The van der Waals surface area contributed by atoms with Gasteiger partial charge in [0.2, 0.25) is 21.8 Å². The second kappa shape index (κ2) is 9.11. The number of nitrogens with zero attached hydrogens (tertiary/aromatic N) is 3. The van der Waals surface area contributed by atoms with Crippen LogP contribution in [0, 0.1) is 0 Å². The molecule has 0 aliphatic heterocycles. The van der Waals surface area contributed by atoms with Gasteiger partial charge in [0.1, 0.15) is 0 Å². The van der Waals surface area contributed by atoms with Gasteiger partial charge < -0.3 is 9.73 Å². The molecular weight excluding hydrogens is 448 g/mol. The van der Waals surface area contributed by atoms with Gasteiger partial charge in [-0.05, 0) is 47.2 Å². The molecule has 164 valence electrons. The molecule has 0 aliphatic rings. The van der Waals surface area contributed by atoms with Crippen molar-refractivity contribution >= 4 is 44.2 Å². The van der Waals surface area contributed by atoms with Crippen LogP contribution in [0.5, 0.6) is 0 Å². The lowest BCUT2D eigenvalue weighted by atomic mass is 10.1. The molecule has 4 aromatic rings. The number of fused-ring (bicyclic) bond motifs is 1. The molecule has 0 bridgehead atoms. The number of carbonyl (C=O) groups is 1. The van der Waals surface area contributed by atoms with Crippen molar-refractivity contribution in [3.05, 3.63) is 66.7 Å². The van der Waals surface area contributed by atoms with Gasteiger partial charge in [0.05, 0.1) is 10.6 Å². The molecule has 3 aromatic carbocycles. The Morgan fingerprint density at radius 1 is 1.00 bits per heavy atom. The molecule has 0 unspecified atom stereocenters. The molecule has 1 N–H and O–H groups in total. The predicted octanol–water partition coefficient (Wildman–Crippen LogP) is 3.87. The summed E-state index contributed by atoms with van der Waals surface area (Å²) < 4.78 is 31.0. The number of benzene rings is 3. The number of hydrogen-bond donors (Lipinski definition) is 1. The molecule has 0 atom stereocenters. The van der Waals surface area contributed by atoms with Gasteiger partial charge in [-0.1, -0.05) is 42.1 Å². The summed E-state index contributed by atoms with van der Waals surface area (Å²) in [4.78, 5) is 12.4. The lowest BCUT2D eigenvalue weighted by molar-refractivity contribution is -0.113. The Morgan fingerprint density at radius 3 is 2.44 bits per heavy atom. The lowest BCUT2D eigenvalue weighted by Gasteiger charge is -2.11. The van der Waals surface area contributed by atoms with Crippen molar-refractivity contribution in [3.63, 3.8) is 0 Å². The molecular formula is C22H20N4O4S2. The number of thioether (sulfide) groups is 1. The van der Waals surface area contributed by atoms with Crippen LogP contribution in [0.2, 0.25) is 0 Å². The number of anilines is 1. The fraction of sp³-hybridized carbons (Fsp3) is 0.136. The Hall–Kier alpha value is -3.21. The third-order valence-corrected chi connectivity index (χ3v) is 7.29. The summed E-state index contributed by atoms with van der Waals surface area (Å²) in [6.07, 6.45) is 0. The molecule has 0 spiro atoms. The summed E-state index contributed by atoms with van der Waals surface area (Å²) in [6, 6.07) is 19.9. The van der Waals surface area contributed by atoms with E-state index in [0.717, 1.165) is 32.4 Å². The van der Waals surface area contributed by atoms with Crippen LogP contribution in [0.1, 0.15) is 0 Å². The molecule has 0 aliphatic carbocycles. The Morgan fingerprint density at radius 2 is 1.72 bits per heavy atom. The third kappa shape index (κ3) is 4.82. The Balaban J connectivity index is 1.36. The van der Waals surface area contributed by atoms with Crippen LogP contribution >= 0.6 is 11.8 Å². The molecule has 0 saturated carbocycles. The molecule has 8 nitrogen and oxygen atoms in total. The van der Waals surface area contributed by atoms with Crippen LogP contribution in [-0.4, -0.2) is 48.7 Å². The van der Waals surface area contributed by atoms with E-state index in [1.54, 1.807) is 12.1 Å². The van der Waals surface area contributed by atoms with E-state index in [4.69, 9.17) is 4.42 Å². The van der Waals surface area contributed by atoms with Crippen molar-refractivity contribution in [2.45, 2.75) is 10.1 Å². The largest absolute Gasteiger partial charge is 0.411 e. The number of rotatable bonds is 7. The number of carbonyl (C=O) groups excluding carboxylic acids is 1. The van der Waals surface area contributed by atoms with Crippen LogP contribution in [-0.2, 0) is 14.8 Å². The van der Waals surface area contributed by atoms with Crippen molar-refractivity contribution in [1.29, 1.82) is 0 Å². The number of nitrogens with one attached hydrogen (secondary N) is 1. The van der Waals surface area contributed by atoms with Crippen LogP contribution < -0.4 is 5.32 Å². The van der Waals surface area contributed by atoms with Crippen LogP contribution in [0.25, 0.3) is 22.2 Å². The normalized spacial score (nSPS) is 11.7. The minimum atomic E-state index is -3.51. The highest BCUT2D eigenvalue weighted by Gasteiger charge is 2.17. The van der Waals surface area contributed by atoms with E-state index in [2.05, 4.69) is 15.5 Å². The van der Waals surface area contributed by atoms with Crippen molar-refractivity contribution in [1.82, 2.24) is 14.5 Å². The van der Waals surface area contributed by atoms with Crippen LogP contribution in [0.4, 0.5) is 5.69 Å². The number of aromatic nitrogens is 2. The number of hydrogen-bond acceptors (Lipinski definition) is 7. The summed E-state index contributed by atoms with van der Waals surface area (Å²) in [6.45, 7) is 0. The van der Waals surface area contributed by atoms with E-state index in [9.17, 15) is 13.2 Å². The van der Waals surface area contributed by atoms with Crippen LogP contribution in [0.15, 0.2) is 81.3 Å². The second-order valence-corrected chi connectivity index (χ2v) is 10.2. The van der Waals surface area contributed by atoms with E-state index in [-0.39, 0.29) is 21.8 Å². The van der Waals surface area contributed by atoms with Gasteiger partial charge in [0, 0.05) is 25.3 Å². The molecule has 1 aromatic heterocycles. The zero-order valence-corrected chi connectivity index (χ0v) is 19.0. The predicted molar refractivity (Wildman–Crippen MR) is 124 cm³/mol. The van der Waals surface area contributed by atoms with Gasteiger partial charge >= 0.3 is 0 Å². The Labute approximate surface area is 189 Å². The SMILES string of the molecule is CN(C)S(=O)(=O)c1ccc(NC(=O)CSc2nnc(-c3ccc4ccccc4c3)o2)cc1. The maximum absolute atomic E-state index is 12.3. The highest BCUT2D eigenvalue weighted by molar-refractivity contribution is 7.99. The fourth-order valence-corrected chi connectivity index (χ4v) is 4.42. The molecule has 4 rings (SSSR count). The number of amides is 1. The van der Waals surface area contributed by atoms with Crippen molar-refractivity contribution in [3.8, 4) is 11.5 Å². The van der Waals surface area contributed by atoms with Crippen molar-refractivity contribution in [2.24, 2.45) is 0 Å². The second-order valence-electron chi connectivity index (χ2n) is 7.08. The number of sulfonamides is 1. The highest BCUT2D eigenvalue weighted by atomic mass is 32.2. The minimum Gasteiger partial charge on any atom is -0.411 e. The molecule has 0 fully saturated rings. The third-order valence-electron chi connectivity index (χ3n) is 4.65. The van der Waals surface area contributed by atoms with Gasteiger partial charge in [0.15, 0.2) is 0 Å². The summed E-state index contributed by atoms with van der Waals surface area (Å²) in [5, 5.41) is 13.3. The zero-order chi connectivity index (χ0) is 22.7. The molecule has 1 heterocycles. The van der Waals surface area contributed by atoms with Gasteiger partial charge in [-0.25, -0.2) is 12.7 Å². The Kier molecular flexibility index (Phi) is 6.26. The van der Waals surface area contributed by atoms with E-state index in [1.165, 1.54) is 26.2 Å². The smallest absolute Gasteiger partial charge is 0.277 e. The van der Waals surface area contributed by atoms with Gasteiger partial charge in [0.25, 0.3) is 5.22 Å². The molecule has 10 heteroatoms. The first-order valence-corrected chi connectivity index (χ1v) is 12.0.